The van der Waals surface area contributed by atoms with Gasteiger partial charge in [-0.05, 0) is 0 Å². The molecular weight excluding hydrogens is 633 g/mol. The van der Waals surface area contributed by atoms with E-state index in [-0.39, 0.29) is 0 Å². The van der Waals surface area contributed by atoms with Gasteiger partial charge in [-0.3, -0.25) is 0 Å². The van der Waals surface area contributed by atoms with Crippen LogP contribution < -0.4 is 0 Å². The molecule has 0 saturated heterocycles. The first-order valence-corrected chi connectivity index (χ1v) is 31.7. The number of hydrogen-bond donors (Lipinski definition) is 0. The van der Waals surface area contributed by atoms with Crippen molar-refractivity contribution in [3.05, 3.63) is 46.8 Å². The molecule has 7 heteroatoms. The molecule has 2 rings (SSSR count). The Kier molecular flexibility index (Phi) is 6.98. The number of pyridine rings is 2. The molecule has 0 amide bonds. The number of aromatic nitrogens is 2. The predicted octanol–water partition coefficient (Wildman–Crippen LogP) is 5.90. The Balaban J connectivity index is 2.17. The van der Waals surface area contributed by atoms with E-state index in [1.165, 1.54) is 11.1 Å². The van der Waals surface area contributed by atoms with Crippen molar-refractivity contribution in [1.29, 1.82) is 0 Å². The van der Waals surface area contributed by atoms with Gasteiger partial charge in [0.15, 0.2) is 0 Å². The molecule has 112 valence electrons. The van der Waals surface area contributed by atoms with Crippen LogP contribution in [0, 0.1) is 27.7 Å². The Morgan fingerprint density at radius 2 is 1.14 bits per heavy atom. The van der Waals surface area contributed by atoms with Gasteiger partial charge < -0.3 is 0 Å². The van der Waals surface area contributed by atoms with E-state index in [2.05, 4.69) is 99.2 Å². The van der Waals surface area contributed by atoms with Crippen molar-refractivity contribution >= 4 is 62.8 Å². The minimum absolute atomic E-state index is 1.10. The van der Waals surface area contributed by atoms with Crippen LogP contribution in [-0.4, -0.2) is 17.6 Å². The molecule has 0 atom stereocenters. The number of aryl methyl sites for hydroxylation is 4. The average Bonchev–Trinajstić information content (AvgIpc) is 2.23. The number of hydrogen-bond acceptors (Lipinski definition) is 4. The molecule has 2 nitrogen and oxygen atoms in total. The first-order chi connectivity index (χ1) is 9.73. The molecule has 2 heterocycles. The first kappa shape index (κ1) is 18.6. The molecule has 0 spiro atoms. The summed E-state index contributed by atoms with van der Waals surface area (Å²) in [5.41, 5.74) is 4.77. The van der Waals surface area contributed by atoms with Crippen LogP contribution in [0.4, 0.5) is 0 Å². The standard InChI is InChI=1S/2C7H9NS.2HI.Sn/c2*1-5-3-6(2)8-7(9)4-5;;;/h2*3-4H,1-2H3,(H,8,9);2*1H;/q;;;;+4/p-4. The summed E-state index contributed by atoms with van der Waals surface area (Å²) in [7, 11) is 1.53. The Bertz CT molecular complexity index is 569. The fourth-order valence-electron chi connectivity index (χ4n) is 1.98. The van der Waals surface area contributed by atoms with Gasteiger partial charge in [0.1, 0.15) is 0 Å². The molecule has 0 unspecified atom stereocenters. The van der Waals surface area contributed by atoms with E-state index in [0.29, 0.717) is 0 Å². The zero-order valence-corrected chi connectivity index (χ0v) is 21.1. The van der Waals surface area contributed by atoms with Gasteiger partial charge in [-0.1, -0.05) is 0 Å². The molecule has 0 saturated carbocycles. The van der Waals surface area contributed by atoms with E-state index in [1.54, 1.807) is 0 Å². The molecule has 0 radical (unpaired) electrons. The van der Waals surface area contributed by atoms with Crippen LogP contribution in [0.1, 0.15) is 22.5 Å². The van der Waals surface area contributed by atoms with Crippen LogP contribution in [0.15, 0.2) is 34.3 Å². The molecule has 0 aromatic carbocycles. The van der Waals surface area contributed by atoms with Gasteiger partial charge in [-0.2, -0.15) is 0 Å². The van der Waals surface area contributed by atoms with E-state index in [9.17, 15) is 0 Å². The summed E-state index contributed by atoms with van der Waals surface area (Å²) in [4.78, 5) is 9.34. The van der Waals surface area contributed by atoms with Gasteiger partial charge in [0, 0.05) is 0 Å². The summed E-state index contributed by atoms with van der Waals surface area (Å²) >= 11 is 5.34. The molecule has 2 aromatic rings. The van der Waals surface area contributed by atoms with Crippen molar-refractivity contribution in [3.8, 4) is 0 Å². The molecule has 0 bridgehead atoms. The van der Waals surface area contributed by atoms with E-state index < -0.39 is 7.67 Å². The molecule has 0 fully saturated rings. The normalized spacial score (nSPS) is 11.7. The molecular formula is C14H16I2N2S2Sn. The zero-order valence-electron chi connectivity index (χ0n) is 12.3. The summed E-state index contributed by atoms with van der Waals surface area (Å²) in [6, 6.07) is 8.63. The summed E-state index contributed by atoms with van der Waals surface area (Å²) in [6.07, 6.45) is 0. The van der Waals surface area contributed by atoms with Gasteiger partial charge in [0.2, 0.25) is 0 Å². The maximum absolute atomic E-state index is 4.67. The van der Waals surface area contributed by atoms with Crippen molar-refractivity contribution < 1.29 is 0 Å². The first-order valence-electron chi connectivity index (χ1n) is 6.40. The minimum atomic E-state index is -2.42. The monoisotopic (exact) mass is 650 g/mol. The fraction of sp³-hybridized carbons (Fsp3) is 0.286. The number of nitrogens with zero attached hydrogens (tertiary/aromatic N) is 2. The van der Waals surface area contributed by atoms with Crippen molar-refractivity contribution in [3.63, 3.8) is 0 Å². The van der Waals surface area contributed by atoms with Crippen LogP contribution in [0.25, 0.3) is 0 Å². The summed E-state index contributed by atoms with van der Waals surface area (Å²) in [6.45, 7) is 8.39. The van der Waals surface area contributed by atoms with Gasteiger partial charge in [-0.15, -0.1) is 0 Å². The number of rotatable bonds is 4. The van der Waals surface area contributed by atoms with Crippen LogP contribution >= 0.6 is 55.2 Å². The summed E-state index contributed by atoms with van der Waals surface area (Å²) < 4.78 is 0. The Hall–Kier alpha value is 1.26. The van der Waals surface area contributed by atoms with Crippen LogP contribution in [-0.2, 0) is 0 Å². The van der Waals surface area contributed by atoms with Crippen molar-refractivity contribution in [1.82, 2.24) is 9.97 Å². The van der Waals surface area contributed by atoms with Crippen LogP contribution in [0.2, 0.25) is 0 Å². The van der Waals surface area contributed by atoms with Crippen molar-refractivity contribution in [2.75, 3.05) is 0 Å². The van der Waals surface area contributed by atoms with Gasteiger partial charge in [0.05, 0.1) is 0 Å². The van der Waals surface area contributed by atoms with Gasteiger partial charge in [-0.25, -0.2) is 0 Å². The molecule has 0 aliphatic heterocycles. The van der Waals surface area contributed by atoms with E-state index >= 15 is 0 Å². The third kappa shape index (κ3) is 6.34. The van der Waals surface area contributed by atoms with E-state index in [0.717, 1.165) is 21.4 Å². The van der Waals surface area contributed by atoms with Crippen LogP contribution in [0.3, 0.4) is 0 Å². The zero-order chi connectivity index (χ0) is 15.6. The molecule has 0 N–H and O–H groups in total. The van der Waals surface area contributed by atoms with E-state index in [4.69, 9.17) is 0 Å². The average molecular weight is 649 g/mol. The van der Waals surface area contributed by atoms with Gasteiger partial charge >= 0.3 is 157 Å². The van der Waals surface area contributed by atoms with Crippen molar-refractivity contribution in [2.45, 2.75) is 37.7 Å². The third-order valence-corrected chi connectivity index (χ3v) is 32.6. The number of halogens is 2. The van der Waals surface area contributed by atoms with Gasteiger partial charge in [0.25, 0.3) is 0 Å². The Morgan fingerprint density at radius 3 is 1.48 bits per heavy atom. The molecule has 0 aliphatic rings. The molecule has 21 heavy (non-hydrogen) atoms. The molecule has 2 aromatic heterocycles. The Labute approximate surface area is 155 Å². The second-order valence-electron chi connectivity index (χ2n) is 4.92. The summed E-state index contributed by atoms with van der Waals surface area (Å²) in [5, 5.41) is 2.31. The fourth-order valence-corrected chi connectivity index (χ4v) is 32.1. The molecule has 0 aliphatic carbocycles. The predicted molar refractivity (Wildman–Crippen MR) is 113 cm³/mol. The second kappa shape index (κ2) is 7.89. The van der Waals surface area contributed by atoms with Crippen molar-refractivity contribution in [2.24, 2.45) is 0 Å². The Morgan fingerprint density at radius 1 is 0.762 bits per heavy atom. The SMILES string of the molecule is Cc1cc(C)nc([S][Sn]([I])([I])[S]c2cc(C)cc(C)n2)c1. The maximum atomic E-state index is 4.67. The third-order valence-electron chi connectivity index (χ3n) is 2.60. The second-order valence-corrected chi connectivity index (χ2v) is 77.4. The quantitative estimate of drug-likeness (QED) is 0.305. The summed E-state index contributed by atoms with van der Waals surface area (Å²) in [5.74, 6) is 0. The topological polar surface area (TPSA) is 25.8 Å². The van der Waals surface area contributed by atoms with E-state index in [1.807, 2.05) is 17.9 Å². The van der Waals surface area contributed by atoms with Crippen LogP contribution in [0.5, 0.6) is 0 Å².